The molecule has 3 amide bonds. The van der Waals surface area contributed by atoms with Crippen molar-refractivity contribution < 1.29 is 9.59 Å². The van der Waals surface area contributed by atoms with Crippen molar-refractivity contribution >= 4 is 17.6 Å². The van der Waals surface area contributed by atoms with E-state index in [4.69, 9.17) is 5.73 Å². The van der Waals surface area contributed by atoms with E-state index in [1.54, 1.807) is 27.0 Å². The first kappa shape index (κ1) is 16.0. The number of benzene rings is 1. The molecule has 20 heavy (non-hydrogen) atoms. The molecule has 0 radical (unpaired) electrons. The van der Waals surface area contributed by atoms with Gasteiger partial charge in [0.2, 0.25) is 5.91 Å². The van der Waals surface area contributed by atoms with Gasteiger partial charge in [-0.3, -0.25) is 4.79 Å². The molecule has 1 rings (SSSR count). The Balaban J connectivity index is 2.53. The zero-order valence-corrected chi connectivity index (χ0v) is 12.1. The van der Waals surface area contributed by atoms with E-state index in [9.17, 15) is 9.59 Å². The molecule has 0 fully saturated rings. The van der Waals surface area contributed by atoms with E-state index in [0.29, 0.717) is 12.2 Å². The predicted molar refractivity (Wildman–Crippen MR) is 79.2 cm³/mol. The largest absolute Gasteiger partial charge is 0.359 e. The predicted octanol–water partition coefficient (Wildman–Crippen LogP) is 1.04. The van der Waals surface area contributed by atoms with Crippen molar-refractivity contribution in [2.45, 2.75) is 20.4 Å². The van der Waals surface area contributed by atoms with Crippen LogP contribution in [0.4, 0.5) is 10.5 Å². The van der Waals surface area contributed by atoms with Crippen molar-refractivity contribution in [2.24, 2.45) is 11.1 Å². The number of anilines is 1. The maximum atomic E-state index is 11.8. The topological polar surface area (TPSA) is 96.2 Å². The van der Waals surface area contributed by atoms with Crippen molar-refractivity contribution in [3.8, 4) is 0 Å². The van der Waals surface area contributed by atoms with Gasteiger partial charge in [-0.05, 0) is 31.5 Å². The molecular formula is C14H22N4O2. The molecule has 0 spiro atoms. The van der Waals surface area contributed by atoms with Gasteiger partial charge in [-0.25, -0.2) is 4.79 Å². The fourth-order valence-electron chi connectivity index (χ4n) is 1.67. The summed E-state index contributed by atoms with van der Waals surface area (Å²) in [6, 6.07) is 6.95. The van der Waals surface area contributed by atoms with E-state index in [-0.39, 0.29) is 18.5 Å². The van der Waals surface area contributed by atoms with Crippen molar-refractivity contribution in [3.05, 3.63) is 29.8 Å². The smallest absolute Gasteiger partial charge is 0.319 e. The molecule has 0 heterocycles. The molecule has 0 unspecified atom stereocenters. The van der Waals surface area contributed by atoms with E-state index in [1.165, 1.54) is 0 Å². The quantitative estimate of drug-likeness (QED) is 0.648. The standard InChI is InChI=1S/C14H22N4O2/c1-14(2,12(19)16-3)9-17-13(20)18-11-6-4-5-10(7-11)8-15/h4-7H,8-9,15H2,1-3H3,(H,16,19)(H2,17,18,20). The number of nitrogens with two attached hydrogens (primary N) is 1. The normalized spacial score (nSPS) is 10.8. The SMILES string of the molecule is CNC(=O)C(C)(C)CNC(=O)Nc1cccc(CN)c1. The summed E-state index contributed by atoms with van der Waals surface area (Å²) in [5.41, 5.74) is 6.49. The highest BCUT2D eigenvalue weighted by Crippen LogP contribution is 2.14. The summed E-state index contributed by atoms with van der Waals surface area (Å²) in [4.78, 5) is 23.4. The second-order valence-electron chi connectivity index (χ2n) is 5.18. The number of hydrogen-bond donors (Lipinski definition) is 4. The van der Waals surface area contributed by atoms with Crippen LogP contribution in [0.1, 0.15) is 19.4 Å². The van der Waals surface area contributed by atoms with Crippen molar-refractivity contribution in [2.75, 3.05) is 18.9 Å². The van der Waals surface area contributed by atoms with Gasteiger partial charge in [0, 0.05) is 25.8 Å². The summed E-state index contributed by atoms with van der Waals surface area (Å²) in [5.74, 6) is -0.122. The van der Waals surface area contributed by atoms with Crippen LogP contribution in [-0.2, 0) is 11.3 Å². The van der Waals surface area contributed by atoms with Crippen LogP contribution in [0.3, 0.4) is 0 Å². The molecule has 6 heteroatoms. The Morgan fingerprint density at radius 1 is 1.30 bits per heavy atom. The summed E-state index contributed by atoms with van der Waals surface area (Å²) in [7, 11) is 1.57. The molecule has 0 aliphatic rings. The molecule has 0 aliphatic heterocycles. The average molecular weight is 278 g/mol. The summed E-state index contributed by atoms with van der Waals surface area (Å²) in [5, 5.41) is 7.96. The van der Waals surface area contributed by atoms with Crippen molar-refractivity contribution in [1.29, 1.82) is 0 Å². The molecule has 0 aliphatic carbocycles. The molecule has 0 aromatic heterocycles. The number of carbonyl (C=O) groups is 2. The Labute approximate surface area is 119 Å². The molecule has 1 aromatic carbocycles. The molecule has 110 valence electrons. The third-order valence-corrected chi connectivity index (χ3v) is 2.95. The Hall–Kier alpha value is -2.08. The Bertz CT molecular complexity index is 486. The van der Waals surface area contributed by atoms with E-state index < -0.39 is 5.41 Å². The van der Waals surface area contributed by atoms with Crippen LogP contribution in [0, 0.1) is 5.41 Å². The van der Waals surface area contributed by atoms with Crippen LogP contribution in [0.5, 0.6) is 0 Å². The molecule has 0 saturated carbocycles. The fraction of sp³-hybridized carbons (Fsp3) is 0.429. The second kappa shape index (κ2) is 6.91. The van der Waals surface area contributed by atoms with Gasteiger partial charge in [0.15, 0.2) is 0 Å². The zero-order chi connectivity index (χ0) is 15.2. The van der Waals surface area contributed by atoms with Gasteiger partial charge in [-0.1, -0.05) is 12.1 Å². The minimum Gasteiger partial charge on any atom is -0.359 e. The maximum Gasteiger partial charge on any atom is 0.319 e. The summed E-state index contributed by atoms with van der Waals surface area (Å²) < 4.78 is 0. The number of amides is 3. The van der Waals surface area contributed by atoms with Crippen LogP contribution >= 0.6 is 0 Å². The molecule has 0 bridgehead atoms. The monoisotopic (exact) mass is 278 g/mol. The van der Waals surface area contributed by atoms with Crippen LogP contribution in [0.25, 0.3) is 0 Å². The second-order valence-corrected chi connectivity index (χ2v) is 5.18. The van der Waals surface area contributed by atoms with Crippen molar-refractivity contribution in [3.63, 3.8) is 0 Å². The van der Waals surface area contributed by atoms with E-state index in [0.717, 1.165) is 5.56 Å². The molecule has 1 aromatic rings. The number of carbonyl (C=O) groups excluding carboxylic acids is 2. The first-order valence-electron chi connectivity index (χ1n) is 6.45. The molecule has 0 atom stereocenters. The average Bonchev–Trinajstić information content (AvgIpc) is 2.44. The Morgan fingerprint density at radius 2 is 2.00 bits per heavy atom. The van der Waals surface area contributed by atoms with Gasteiger partial charge in [0.05, 0.1) is 5.41 Å². The highest BCUT2D eigenvalue weighted by molar-refractivity contribution is 5.90. The highest BCUT2D eigenvalue weighted by Gasteiger charge is 2.26. The minimum absolute atomic E-state index is 0.122. The minimum atomic E-state index is -0.662. The van der Waals surface area contributed by atoms with Gasteiger partial charge in [-0.15, -0.1) is 0 Å². The van der Waals surface area contributed by atoms with Crippen LogP contribution < -0.4 is 21.7 Å². The summed E-state index contributed by atoms with van der Waals surface area (Å²) in [6.07, 6.45) is 0. The van der Waals surface area contributed by atoms with E-state index >= 15 is 0 Å². The van der Waals surface area contributed by atoms with E-state index in [1.807, 2.05) is 18.2 Å². The number of rotatable bonds is 5. The first-order chi connectivity index (χ1) is 9.39. The number of urea groups is 1. The summed E-state index contributed by atoms with van der Waals surface area (Å²) >= 11 is 0. The first-order valence-corrected chi connectivity index (χ1v) is 6.45. The molecular weight excluding hydrogens is 256 g/mol. The maximum absolute atomic E-state index is 11.8. The zero-order valence-electron chi connectivity index (χ0n) is 12.1. The Kier molecular flexibility index (Phi) is 5.52. The van der Waals surface area contributed by atoms with E-state index in [2.05, 4.69) is 16.0 Å². The molecule has 0 saturated heterocycles. The number of nitrogens with one attached hydrogen (secondary N) is 3. The third kappa shape index (κ3) is 4.55. The van der Waals surface area contributed by atoms with Crippen LogP contribution in [0.15, 0.2) is 24.3 Å². The lowest BCUT2D eigenvalue weighted by molar-refractivity contribution is -0.128. The van der Waals surface area contributed by atoms with Crippen LogP contribution in [-0.4, -0.2) is 25.5 Å². The highest BCUT2D eigenvalue weighted by atomic mass is 16.2. The van der Waals surface area contributed by atoms with Gasteiger partial charge in [0.25, 0.3) is 0 Å². The third-order valence-electron chi connectivity index (χ3n) is 2.95. The Morgan fingerprint density at radius 3 is 2.60 bits per heavy atom. The molecule has 5 N–H and O–H groups in total. The lowest BCUT2D eigenvalue weighted by Crippen LogP contribution is -2.44. The van der Waals surface area contributed by atoms with Gasteiger partial charge < -0.3 is 21.7 Å². The molecule has 6 nitrogen and oxygen atoms in total. The van der Waals surface area contributed by atoms with Crippen LogP contribution in [0.2, 0.25) is 0 Å². The fourth-order valence-corrected chi connectivity index (χ4v) is 1.67. The van der Waals surface area contributed by atoms with Gasteiger partial charge in [-0.2, -0.15) is 0 Å². The lowest BCUT2D eigenvalue weighted by atomic mass is 9.92. The summed E-state index contributed by atoms with van der Waals surface area (Å²) in [6.45, 7) is 4.19. The van der Waals surface area contributed by atoms with Gasteiger partial charge in [0.1, 0.15) is 0 Å². The van der Waals surface area contributed by atoms with Gasteiger partial charge >= 0.3 is 6.03 Å². The van der Waals surface area contributed by atoms with Crippen molar-refractivity contribution in [1.82, 2.24) is 10.6 Å². The number of hydrogen-bond acceptors (Lipinski definition) is 3. The lowest BCUT2D eigenvalue weighted by Gasteiger charge is -2.22.